The van der Waals surface area contributed by atoms with Gasteiger partial charge in [0.2, 0.25) is 0 Å². The summed E-state index contributed by atoms with van der Waals surface area (Å²) in [7, 11) is 0. The first-order chi connectivity index (χ1) is 8.05. The molecule has 0 aliphatic rings. The van der Waals surface area contributed by atoms with E-state index in [-0.39, 0.29) is 0 Å². The molecular weight excluding hydrogens is 225 g/mol. The van der Waals surface area contributed by atoms with Gasteiger partial charge in [-0.3, -0.25) is 0 Å². The van der Waals surface area contributed by atoms with E-state index in [0.29, 0.717) is 6.42 Å². The maximum atomic E-state index is 12.3. The quantitative estimate of drug-likeness (QED) is 0.735. The van der Waals surface area contributed by atoms with Crippen LogP contribution in [0.15, 0.2) is 48.5 Å². The van der Waals surface area contributed by atoms with E-state index in [2.05, 4.69) is 6.07 Å². The van der Waals surface area contributed by atoms with Crippen LogP contribution in [0.4, 0.5) is 13.2 Å². The third kappa shape index (κ3) is 3.09. The van der Waals surface area contributed by atoms with Gasteiger partial charge < -0.3 is 0 Å². The molecule has 0 amide bonds. The van der Waals surface area contributed by atoms with Crippen molar-refractivity contribution in [2.75, 3.05) is 0 Å². The van der Waals surface area contributed by atoms with Crippen molar-refractivity contribution >= 4 is 0 Å². The van der Waals surface area contributed by atoms with Crippen molar-refractivity contribution in [1.82, 2.24) is 0 Å². The Morgan fingerprint density at radius 2 is 1.35 bits per heavy atom. The summed E-state index contributed by atoms with van der Waals surface area (Å²) in [5.74, 6) is 0. The molecule has 0 aliphatic carbocycles. The molecule has 0 saturated heterocycles. The van der Waals surface area contributed by atoms with Crippen molar-refractivity contribution in [3.05, 3.63) is 71.3 Å². The smallest absolute Gasteiger partial charge is 0.166 e. The van der Waals surface area contributed by atoms with Gasteiger partial charge in [-0.05, 0) is 35.7 Å². The maximum Gasteiger partial charge on any atom is 0.416 e. The van der Waals surface area contributed by atoms with Crippen molar-refractivity contribution < 1.29 is 13.2 Å². The Morgan fingerprint density at radius 1 is 0.824 bits per heavy atom. The fourth-order valence-corrected chi connectivity index (χ4v) is 1.59. The van der Waals surface area contributed by atoms with E-state index in [0.717, 1.165) is 23.3 Å². The van der Waals surface area contributed by atoms with E-state index in [1.165, 1.54) is 12.1 Å². The van der Waals surface area contributed by atoms with Gasteiger partial charge in [-0.2, -0.15) is 13.2 Å². The van der Waals surface area contributed by atoms with Crippen molar-refractivity contribution in [2.24, 2.45) is 0 Å². The Labute approximate surface area is 97.7 Å². The van der Waals surface area contributed by atoms with E-state index in [1.807, 2.05) is 12.1 Å². The molecule has 0 unspecified atom stereocenters. The lowest BCUT2D eigenvalue weighted by Crippen LogP contribution is -2.04. The molecule has 0 spiro atoms. The van der Waals surface area contributed by atoms with E-state index >= 15 is 0 Å². The van der Waals surface area contributed by atoms with Crippen LogP contribution in [0.2, 0.25) is 0 Å². The fraction of sp³-hybridized carbons (Fsp3) is 0.143. The number of hydrogen-bond donors (Lipinski definition) is 0. The van der Waals surface area contributed by atoms with E-state index < -0.39 is 11.7 Å². The summed E-state index contributed by atoms with van der Waals surface area (Å²) in [6.07, 6.45) is -3.63. The Balaban J connectivity index is 2.14. The monoisotopic (exact) mass is 235 g/mol. The molecule has 87 valence electrons. The lowest BCUT2D eigenvalue weighted by molar-refractivity contribution is -0.137. The van der Waals surface area contributed by atoms with Crippen LogP contribution in [0.1, 0.15) is 16.7 Å². The lowest BCUT2D eigenvalue weighted by atomic mass is 10.0. The topological polar surface area (TPSA) is 0 Å². The van der Waals surface area contributed by atoms with Gasteiger partial charge in [0.05, 0.1) is 5.56 Å². The third-order valence-electron chi connectivity index (χ3n) is 2.48. The van der Waals surface area contributed by atoms with Gasteiger partial charge >= 0.3 is 6.18 Å². The van der Waals surface area contributed by atoms with Crippen LogP contribution in [0.3, 0.4) is 0 Å². The Morgan fingerprint density at radius 3 is 1.88 bits per heavy atom. The normalized spacial score (nSPS) is 11.5. The first-order valence-corrected chi connectivity index (χ1v) is 5.17. The van der Waals surface area contributed by atoms with Crippen LogP contribution in [-0.2, 0) is 12.6 Å². The Kier molecular flexibility index (Phi) is 3.18. The molecule has 2 aromatic rings. The van der Waals surface area contributed by atoms with Gasteiger partial charge in [-0.1, -0.05) is 36.4 Å². The molecule has 0 aromatic heterocycles. The van der Waals surface area contributed by atoms with Crippen molar-refractivity contribution in [3.63, 3.8) is 0 Å². The molecule has 0 bridgehead atoms. The number of benzene rings is 2. The molecule has 3 heteroatoms. The van der Waals surface area contributed by atoms with Crippen LogP contribution < -0.4 is 0 Å². The standard InChI is InChI=1S/C14H10F3/c15-14(16,17)13-8-6-12(7-9-13)10-11-4-2-1-3-5-11/h2-9H,10H2. The van der Waals surface area contributed by atoms with Gasteiger partial charge in [-0.15, -0.1) is 0 Å². The average Bonchev–Trinajstić information content (AvgIpc) is 2.30. The molecule has 17 heavy (non-hydrogen) atoms. The number of hydrogen-bond acceptors (Lipinski definition) is 0. The second-order valence-corrected chi connectivity index (χ2v) is 3.78. The van der Waals surface area contributed by atoms with Crippen LogP contribution in [0.25, 0.3) is 0 Å². The minimum Gasteiger partial charge on any atom is -0.166 e. The van der Waals surface area contributed by atoms with Crippen LogP contribution in [0, 0.1) is 6.07 Å². The number of halogens is 3. The molecule has 0 heterocycles. The zero-order valence-corrected chi connectivity index (χ0v) is 8.96. The highest BCUT2D eigenvalue weighted by molar-refractivity contribution is 5.29. The molecule has 0 nitrogen and oxygen atoms in total. The molecule has 0 N–H and O–H groups in total. The minimum atomic E-state index is -4.26. The van der Waals surface area contributed by atoms with Crippen molar-refractivity contribution in [2.45, 2.75) is 12.6 Å². The summed E-state index contributed by atoms with van der Waals surface area (Å²) in [6.45, 7) is 0. The first-order valence-electron chi connectivity index (χ1n) is 5.17. The molecule has 0 fully saturated rings. The fourth-order valence-electron chi connectivity index (χ4n) is 1.59. The summed E-state index contributed by atoms with van der Waals surface area (Å²) in [6, 6.07) is 15.5. The van der Waals surface area contributed by atoms with Crippen molar-refractivity contribution in [1.29, 1.82) is 0 Å². The molecule has 0 atom stereocenters. The van der Waals surface area contributed by atoms with E-state index in [4.69, 9.17) is 0 Å². The number of alkyl halides is 3. The van der Waals surface area contributed by atoms with Crippen LogP contribution in [0.5, 0.6) is 0 Å². The summed E-state index contributed by atoms with van der Waals surface area (Å²) < 4.78 is 37.0. The van der Waals surface area contributed by atoms with Gasteiger partial charge in [0, 0.05) is 0 Å². The highest BCUT2D eigenvalue weighted by Gasteiger charge is 2.29. The molecule has 2 rings (SSSR count). The van der Waals surface area contributed by atoms with Crippen LogP contribution >= 0.6 is 0 Å². The summed E-state index contributed by atoms with van der Waals surface area (Å²) in [5, 5.41) is 0. The Hall–Kier alpha value is -1.77. The van der Waals surface area contributed by atoms with Gasteiger partial charge in [0.1, 0.15) is 0 Å². The second-order valence-electron chi connectivity index (χ2n) is 3.78. The predicted octanol–water partition coefficient (Wildman–Crippen LogP) is 4.10. The second kappa shape index (κ2) is 4.62. The van der Waals surface area contributed by atoms with Gasteiger partial charge in [0.15, 0.2) is 0 Å². The maximum absolute atomic E-state index is 12.3. The molecule has 1 radical (unpaired) electrons. The highest BCUT2D eigenvalue weighted by Crippen LogP contribution is 2.29. The van der Waals surface area contributed by atoms with Gasteiger partial charge in [0.25, 0.3) is 0 Å². The van der Waals surface area contributed by atoms with E-state index in [1.54, 1.807) is 12.1 Å². The zero-order chi connectivity index (χ0) is 12.3. The SMILES string of the molecule is FC(F)(F)c1ccc(Cc2cc[c]cc2)cc1. The number of rotatable bonds is 2. The van der Waals surface area contributed by atoms with Gasteiger partial charge in [-0.25, -0.2) is 0 Å². The predicted molar refractivity (Wildman–Crippen MR) is 59.5 cm³/mol. The molecule has 0 aliphatic heterocycles. The third-order valence-corrected chi connectivity index (χ3v) is 2.48. The largest absolute Gasteiger partial charge is 0.416 e. The molecule has 0 saturated carbocycles. The Bertz CT molecular complexity index is 469. The first kappa shape index (κ1) is 11.7. The van der Waals surface area contributed by atoms with Crippen LogP contribution in [-0.4, -0.2) is 0 Å². The summed E-state index contributed by atoms with van der Waals surface area (Å²) in [5.41, 5.74) is 1.32. The van der Waals surface area contributed by atoms with E-state index in [9.17, 15) is 13.2 Å². The average molecular weight is 235 g/mol. The highest BCUT2D eigenvalue weighted by atomic mass is 19.4. The summed E-state index contributed by atoms with van der Waals surface area (Å²) in [4.78, 5) is 0. The van der Waals surface area contributed by atoms with Crippen molar-refractivity contribution in [3.8, 4) is 0 Å². The minimum absolute atomic E-state index is 0.609. The summed E-state index contributed by atoms with van der Waals surface area (Å²) >= 11 is 0. The zero-order valence-electron chi connectivity index (χ0n) is 8.96. The lowest BCUT2D eigenvalue weighted by Gasteiger charge is -2.07. The molecular formula is C14H10F3. The molecule has 2 aromatic carbocycles.